The molecule has 0 radical (unpaired) electrons. The molecule has 1 aromatic heterocycles. The Labute approximate surface area is 96.9 Å². The van der Waals surface area contributed by atoms with Crippen molar-refractivity contribution in [2.24, 2.45) is 0 Å². The fourth-order valence-electron chi connectivity index (χ4n) is 1.45. The molecule has 0 spiro atoms. The van der Waals surface area contributed by atoms with Gasteiger partial charge in [-0.05, 0) is 23.8 Å². The minimum absolute atomic E-state index is 0.881. The molecule has 0 aliphatic carbocycles. The number of hydrogen-bond acceptors (Lipinski definition) is 4. The second-order valence-electron chi connectivity index (χ2n) is 2.79. The summed E-state index contributed by atoms with van der Waals surface area (Å²) in [5, 5.41) is 3.36. The van der Waals surface area contributed by atoms with Gasteiger partial charge in [-0.2, -0.15) is 0 Å². The number of rotatable bonds is 2. The normalized spacial score (nSPS) is 10.8. The molecule has 0 aliphatic rings. The van der Waals surface area contributed by atoms with Gasteiger partial charge in [-0.1, -0.05) is 0 Å². The van der Waals surface area contributed by atoms with Gasteiger partial charge in [0.05, 0.1) is 12.0 Å². The van der Waals surface area contributed by atoms with Gasteiger partial charge >= 0.3 is 0 Å². The third-order valence-electron chi connectivity index (χ3n) is 2.05. The van der Waals surface area contributed by atoms with Crippen molar-refractivity contribution < 1.29 is 4.74 Å². The second kappa shape index (κ2) is 4.04. The molecule has 14 heavy (non-hydrogen) atoms. The SMILES string of the molecule is COc1c(S)cc2sccc2c1SC. The third kappa shape index (κ3) is 1.51. The molecule has 4 heteroatoms. The Kier molecular flexibility index (Phi) is 2.95. The summed E-state index contributed by atoms with van der Waals surface area (Å²) in [6.45, 7) is 0. The summed E-state index contributed by atoms with van der Waals surface area (Å²) in [7, 11) is 1.69. The van der Waals surface area contributed by atoms with Crippen molar-refractivity contribution in [3.05, 3.63) is 17.5 Å². The van der Waals surface area contributed by atoms with Gasteiger partial charge in [0, 0.05) is 15.0 Å². The Balaban J connectivity index is 2.82. The number of thiophene rings is 1. The number of hydrogen-bond donors (Lipinski definition) is 1. The lowest BCUT2D eigenvalue weighted by Crippen LogP contribution is -1.88. The molecule has 0 saturated carbocycles. The summed E-state index contributed by atoms with van der Waals surface area (Å²) in [5.74, 6) is 0.881. The molecule has 1 aromatic carbocycles. The van der Waals surface area contributed by atoms with Crippen LogP contribution in [0.25, 0.3) is 10.1 Å². The van der Waals surface area contributed by atoms with E-state index in [2.05, 4.69) is 36.4 Å². The number of fused-ring (bicyclic) bond motifs is 1. The van der Waals surface area contributed by atoms with Gasteiger partial charge in [0.15, 0.2) is 0 Å². The van der Waals surface area contributed by atoms with Crippen LogP contribution in [0.4, 0.5) is 0 Å². The highest BCUT2D eigenvalue weighted by Gasteiger charge is 2.11. The summed E-state index contributed by atoms with van der Waals surface area (Å²) in [5.41, 5.74) is 0. The Bertz CT molecular complexity index is 462. The van der Waals surface area contributed by atoms with Gasteiger partial charge in [0.25, 0.3) is 0 Å². The van der Waals surface area contributed by atoms with E-state index in [9.17, 15) is 0 Å². The van der Waals surface area contributed by atoms with E-state index in [1.807, 2.05) is 0 Å². The molecular weight excluding hydrogens is 232 g/mol. The molecule has 2 aromatic rings. The predicted molar refractivity (Wildman–Crippen MR) is 67.4 cm³/mol. The van der Waals surface area contributed by atoms with E-state index < -0.39 is 0 Å². The first kappa shape index (κ1) is 10.2. The number of thioether (sulfide) groups is 1. The Hall–Kier alpha value is -0.320. The number of ether oxygens (including phenoxy) is 1. The highest BCUT2D eigenvalue weighted by molar-refractivity contribution is 7.99. The van der Waals surface area contributed by atoms with Crippen molar-refractivity contribution in [3.8, 4) is 5.75 Å². The van der Waals surface area contributed by atoms with Gasteiger partial charge in [-0.15, -0.1) is 35.7 Å². The van der Waals surface area contributed by atoms with Crippen LogP contribution in [0.15, 0.2) is 27.3 Å². The van der Waals surface area contributed by atoms with Crippen molar-refractivity contribution in [1.29, 1.82) is 0 Å². The van der Waals surface area contributed by atoms with E-state index >= 15 is 0 Å². The Morgan fingerprint density at radius 1 is 1.50 bits per heavy atom. The van der Waals surface area contributed by atoms with E-state index in [1.165, 1.54) is 15.0 Å². The van der Waals surface area contributed by atoms with E-state index in [4.69, 9.17) is 4.74 Å². The summed E-state index contributed by atoms with van der Waals surface area (Å²) in [4.78, 5) is 2.09. The van der Waals surface area contributed by atoms with Crippen molar-refractivity contribution in [1.82, 2.24) is 0 Å². The molecule has 0 bridgehead atoms. The Morgan fingerprint density at radius 2 is 2.29 bits per heavy atom. The largest absolute Gasteiger partial charge is 0.494 e. The van der Waals surface area contributed by atoms with Crippen molar-refractivity contribution in [3.63, 3.8) is 0 Å². The molecule has 0 fully saturated rings. The summed E-state index contributed by atoms with van der Waals surface area (Å²) in [6, 6.07) is 4.18. The highest BCUT2D eigenvalue weighted by Crippen LogP contribution is 2.41. The van der Waals surface area contributed by atoms with Gasteiger partial charge < -0.3 is 4.74 Å². The van der Waals surface area contributed by atoms with Gasteiger partial charge in [0.2, 0.25) is 0 Å². The van der Waals surface area contributed by atoms with Crippen LogP contribution >= 0.6 is 35.7 Å². The van der Waals surface area contributed by atoms with Crippen LogP contribution in [-0.4, -0.2) is 13.4 Å². The molecule has 2 rings (SSSR count). The van der Waals surface area contributed by atoms with E-state index in [1.54, 1.807) is 30.2 Å². The maximum atomic E-state index is 5.35. The average molecular weight is 242 g/mol. The van der Waals surface area contributed by atoms with Crippen LogP contribution in [0.5, 0.6) is 5.75 Å². The lowest BCUT2D eigenvalue weighted by molar-refractivity contribution is 0.396. The molecule has 0 unspecified atom stereocenters. The standard InChI is InChI=1S/C10H10OS3/c1-11-9-7(12)5-8-6(3-4-14-8)10(9)13-2/h3-5,12H,1-2H3. The molecule has 0 aliphatic heterocycles. The van der Waals surface area contributed by atoms with Crippen molar-refractivity contribution in [2.75, 3.05) is 13.4 Å². The fourth-order valence-corrected chi connectivity index (χ4v) is 3.62. The molecule has 0 N–H and O–H groups in total. The van der Waals surface area contributed by atoms with Gasteiger partial charge in [-0.25, -0.2) is 0 Å². The van der Waals surface area contributed by atoms with Gasteiger partial charge in [-0.3, -0.25) is 0 Å². The average Bonchev–Trinajstić information content (AvgIpc) is 2.62. The van der Waals surface area contributed by atoms with Crippen LogP contribution in [0.1, 0.15) is 0 Å². The molecule has 0 atom stereocenters. The lowest BCUT2D eigenvalue weighted by Gasteiger charge is -2.09. The van der Waals surface area contributed by atoms with E-state index in [0.29, 0.717) is 0 Å². The molecular formula is C10H10OS3. The zero-order valence-electron chi connectivity index (χ0n) is 7.90. The number of thiol groups is 1. The minimum Gasteiger partial charge on any atom is -0.494 e. The number of benzene rings is 1. The first-order valence-corrected chi connectivity index (χ1v) is 6.64. The van der Waals surface area contributed by atoms with Crippen LogP contribution in [-0.2, 0) is 0 Å². The quantitative estimate of drug-likeness (QED) is 0.631. The second-order valence-corrected chi connectivity index (χ2v) is 5.04. The third-order valence-corrected chi connectivity index (χ3v) is 4.06. The summed E-state index contributed by atoms with van der Waals surface area (Å²) < 4.78 is 6.62. The number of methoxy groups -OCH3 is 1. The summed E-state index contributed by atoms with van der Waals surface area (Å²) >= 11 is 7.85. The smallest absolute Gasteiger partial charge is 0.146 e. The molecule has 1 nitrogen and oxygen atoms in total. The zero-order valence-corrected chi connectivity index (χ0v) is 10.4. The zero-order chi connectivity index (χ0) is 10.1. The molecule has 74 valence electrons. The predicted octanol–water partition coefficient (Wildman–Crippen LogP) is 3.92. The first-order valence-electron chi connectivity index (χ1n) is 4.09. The fraction of sp³-hybridized carbons (Fsp3) is 0.200. The van der Waals surface area contributed by atoms with Crippen LogP contribution in [0.3, 0.4) is 0 Å². The van der Waals surface area contributed by atoms with E-state index in [-0.39, 0.29) is 0 Å². The lowest BCUT2D eigenvalue weighted by atomic mass is 10.2. The van der Waals surface area contributed by atoms with Crippen molar-refractivity contribution >= 4 is 45.8 Å². The van der Waals surface area contributed by atoms with Crippen LogP contribution in [0.2, 0.25) is 0 Å². The molecule has 0 saturated heterocycles. The van der Waals surface area contributed by atoms with Crippen molar-refractivity contribution in [2.45, 2.75) is 9.79 Å². The molecule has 0 amide bonds. The minimum atomic E-state index is 0.881. The van der Waals surface area contributed by atoms with E-state index in [0.717, 1.165) is 10.6 Å². The van der Waals surface area contributed by atoms with Gasteiger partial charge in [0.1, 0.15) is 5.75 Å². The molecule has 1 heterocycles. The maximum absolute atomic E-state index is 5.35. The highest BCUT2D eigenvalue weighted by atomic mass is 32.2. The monoisotopic (exact) mass is 242 g/mol. The van der Waals surface area contributed by atoms with Crippen LogP contribution < -0.4 is 4.74 Å². The topological polar surface area (TPSA) is 9.23 Å². The first-order chi connectivity index (χ1) is 6.77. The maximum Gasteiger partial charge on any atom is 0.146 e. The Morgan fingerprint density at radius 3 is 2.93 bits per heavy atom. The summed E-state index contributed by atoms with van der Waals surface area (Å²) in [6.07, 6.45) is 2.06. The van der Waals surface area contributed by atoms with Crippen LogP contribution in [0, 0.1) is 0 Å².